The van der Waals surface area contributed by atoms with Crippen molar-refractivity contribution in [3.05, 3.63) is 35.6 Å². The Balaban J connectivity index is 1.95. The highest BCUT2D eigenvalue weighted by atomic mass is 16.3. The van der Waals surface area contributed by atoms with Crippen LogP contribution in [0, 0.1) is 0 Å². The zero-order chi connectivity index (χ0) is 14.8. The normalized spacial score (nSPS) is 21.2. The first-order chi connectivity index (χ1) is 10.3. The summed E-state index contributed by atoms with van der Waals surface area (Å²) in [6.45, 7) is 6.76. The van der Waals surface area contributed by atoms with Gasteiger partial charge in [-0.1, -0.05) is 25.1 Å². The number of para-hydroxylation sites is 1. The fourth-order valence-electron chi connectivity index (χ4n) is 3.79. The number of nitrogens with zero attached hydrogens (tertiary/aromatic N) is 1. The molecule has 0 radical (unpaired) electrons. The van der Waals surface area contributed by atoms with Crippen molar-refractivity contribution in [2.75, 3.05) is 20.1 Å². The number of benzene rings is 1. The summed E-state index contributed by atoms with van der Waals surface area (Å²) < 4.78 is 6.23. The van der Waals surface area contributed by atoms with Crippen LogP contribution in [0.1, 0.15) is 44.1 Å². The topological polar surface area (TPSA) is 28.4 Å². The zero-order valence-electron chi connectivity index (χ0n) is 13.4. The second-order valence-corrected chi connectivity index (χ2v) is 6.06. The summed E-state index contributed by atoms with van der Waals surface area (Å²) >= 11 is 0. The van der Waals surface area contributed by atoms with Gasteiger partial charge in [0.05, 0.1) is 6.04 Å². The third-order valence-electron chi connectivity index (χ3n) is 4.82. The van der Waals surface area contributed by atoms with Gasteiger partial charge in [-0.3, -0.25) is 4.90 Å². The highest BCUT2D eigenvalue weighted by molar-refractivity contribution is 5.82. The lowest BCUT2D eigenvalue weighted by Gasteiger charge is -2.30. The average Bonchev–Trinajstić information content (AvgIpc) is 3.10. The fraction of sp³-hybridized carbons (Fsp3) is 0.556. The van der Waals surface area contributed by atoms with Crippen molar-refractivity contribution in [1.82, 2.24) is 10.2 Å². The van der Waals surface area contributed by atoms with Crippen molar-refractivity contribution in [3.8, 4) is 0 Å². The lowest BCUT2D eigenvalue weighted by molar-refractivity contribution is 0.172. The predicted molar refractivity (Wildman–Crippen MR) is 87.7 cm³/mol. The maximum absolute atomic E-state index is 6.23. The number of rotatable bonds is 5. The zero-order valence-corrected chi connectivity index (χ0v) is 13.4. The number of hydrogen-bond acceptors (Lipinski definition) is 3. The minimum absolute atomic E-state index is 0.355. The van der Waals surface area contributed by atoms with Gasteiger partial charge in [0, 0.05) is 23.5 Å². The van der Waals surface area contributed by atoms with Crippen molar-refractivity contribution < 1.29 is 4.42 Å². The molecule has 114 valence electrons. The third-order valence-corrected chi connectivity index (χ3v) is 4.82. The molecule has 3 nitrogen and oxygen atoms in total. The molecule has 1 fully saturated rings. The Labute approximate surface area is 127 Å². The molecule has 2 heterocycles. The van der Waals surface area contributed by atoms with Crippen molar-refractivity contribution in [3.63, 3.8) is 0 Å². The number of nitrogens with one attached hydrogen (secondary N) is 1. The van der Waals surface area contributed by atoms with E-state index < -0.39 is 0 Å². The van der Waals surface area contributed by atoms with Crippen molar-refractivity contribution in [1.29, 1.82) is 0 Å². The molecule has 2 unspecified atom stereocenters. The van der Waals surface area contributed by atoms with Crippen LogP contribution in [-0.2, 0) is 6.42 Å². The summed E-state index contributed by atoms with van der Waals surface area (Å²) in [5.74, 6) is 1.17. The molecule has 0 saturated carbocycles. The van der Waals surface area contributed by atoms with Crippen LogP contribution >= 0.6 is 0 Å². The monoisotopic (exact) mass is 286 g/mol. The van der Waals surface area contributed by atoms with Gasteiger partial charge in [0.15, 0.2) is 0 Å². The van der Waals surface area contributed by atoms with Crippen LogP contribution in [0.2, 0.25) is 0 Å². The molecule has 3 heteroatoms. The number of likely N-dealkylation sites (N-methyl/N-ethyl adjacent to an activating group) is 1. The van der Waals surface area contributed by atoms with Gasteiger partial charge in [-0.25, -0.2) is 0 Å². The number of furan rings is 1. The molecule has 1 aliphatic heterocycles. The Morgan fingerprint density at radius 3 is 2.95 bits per heavy atom. The van der Waals surface area contributed by atoms with Crippen LogP contribution in [0.3, 0.4) is 0 Å². The molecular formula is C18H26N2O. The SMILES string of the molecule is CCc1c(C(C)N2CCCC2CNC)oc2ccccc12. The van der Waals surface area contributed by atoms with Gasteiger partial charge >= 0.3 is 0 Å². The Morgan fingerprint density at radius 2 is 2.19 bits per heavy atom. The first-order valence-electron chi connectivity index (χ1n) is 8.16. The maximum atomic E-state index is 6.23. The van der Waals surface area contributed by atoms with E-state index in [2.05, 4.69) is 48.3 Å². The largest absolute Gasteiger partial charge is 0.459 e. The van der Waals surface area contributed by atoms with Crippen LogP contribution in [0.15, 0.2) is 28.7 Å². The Hall–Kier alpha value is -1.32. The number of fused-ring (bicyclic) bond motifs is 1. The summed E-state index contributed by atoms with van der Waals surface area (Å²) in [6.07, 6.45) is 3.60. The van der Waals surface area contributed by atoms with Crippen LogP contribution in [0.4, 0.5) is 0 Å². The lowest BCUT2D eigenvalue weighted by atomic mass is 10.0. The molecule has 2 atom stereocenters. The second-order valence-electron chi connectivity index (χ2n) is 6.06. The van der Waals surface area contributed by atoms with E-state index in [1.165, 1.54) is 36.1 Å². The van der Waals surface area contributed by atoms with E-state index in [0.717, 1.165) is 18.5 Å². The predicted octanol–water partition coefficient (Wildman–Crippen LogP) is 3.74. The van der Waals surface area contributed by atoms with E-state index in [9.17, 15) is 0 Å². The first kappa shape index (κ1) is 14.6. The number of hydrogen-bond donors (Lipinski definition) is 1. The van der Waals surface area contributed by atoms with Crippen LogP contribution in [0.5, 0.6) is 0 Å². The van der Waals surface area contributed by atoms with Crippen LogP contribution < -0.4 is 5.32 Å². The highest BCUT2D eigenvalue weighted by Gasteiger charge is 2.31. The number of likely N-dealkylation sites (tertiary alicyclic amines) is 1. The van der Waals surface area contributed by atoms with Crippen LogP contribution in [-0.4, -0.2) is 31.1 Å². The van der Waals surface area contributed by atoms with Crippen molar-refractivity contribution in [2.24, 2.45) is 0 Å². The summed E-state index contributed by atoms with van der Waals surface area (Å²) in [4.78, 5) is 2.60. The molecule has 0 amide bonds. The van der Waals surface area contributed by atoms with Crippen molar-refractivity contribution >= 4 is 11.0 Å². The van der Waals surface area contributed by atoms with E-state index in [0.29, 0.717) is 12.1 Å². The van der Waals surface area contributed by atoms with Gasteiger partial charge in [-0.2, -0.15) is 0 Å². The minimum atomic E-state index is 0.355. The van der Waals surface area contributed by atoms with Crippen LogP contribution in [0.25, 0.3) is 11.0 Å². The summed E-state index contributed by atoms with van der Waals surface area (Å²) in [7, 11) is 2.04. The highest BCUT2D eigenvalue weighted by Crippen LogP contribution is 2.36. The van der Waals surface area contributed by atoms with Gasteiger partial charge < -0.3 is 9.73 Å². The van der Waals surface area contributed by atoms with E-state index in [-0.39, 0.29) is 0 Å². The molecule has 0 spiro atoms. The molecule has 1 N–H and O–H groups in total. The standard InChI is InChI=1S/C18H26N2O/c1-4-15-16-9-5-6-10-17(16)21-18(15)13(2)20-11-7-8-14(20)12-19-3/h5-6,9-10,13-14,19H,4,7-8,11-12H2,1-3H3. The molecule has 3 rings (SSSR count). The third kappa shape index (κ3) is 2.60. The molecule has 1 aromatic heterocycles. The summed E-state index contributed by atoms with van der Waals surface area (Å²) in [5.41, 5.74) is 2.41. The first-order valence-corrected chi connectivity index (χ1v) is 8.16. The Bertz CT molecular complexity index is 604. The summed E-state index contributed by atoms with van der Waals surface area (Å²) in [6, 6.07) is 9.41. The molecular weight excluding hydrogens is 260 g/mol. The quantitative estimate of drug-likeness (QED) is 0.907. The van der Waals surface area contributed by atoms with E-state index in [1.807, 2.05) is 7.05 Å². The second kappa shape index (κ2) is 6.20. The van der Waals surface area contributed by atoms with E-state index in [1.54, 1.807) is 0 Å². The lowest BCUT2D eigenvalue weighted by Crippen LogP contribution is -2.38. The molecule has 1 aliphatic rings. The van der Waals surface area contributed by atoms with Gasteiger partial charge in [-0.05, 0) is 45.8 Å². The molecule has 1 saturated heterocycles. The molecule has 0 aliphatic carbocycles. The number of aryl methyl sites for hydroxylation is 1. The minimum Gasteiger partial charge on any atom is -0.459 e. The van der Waals surface area contributed by atoms with Gasteiger partial charge in [0.1, 0.15) is 11.3 Å². The Kier molecular flexibility index (Phi) is 4.32. The van der Waals surface area contributed by atoms with Gasteiger partial charge in [0.25, 0.3) is 0 Å². The molecule has 0 bridgehead atoms. The Morgan fingerprint density at radius 1 is 1.38 bits per heavy atom. The van der Waals surface area contributed by atoms with Gasteiger partial charge in [-0.15, -0.1) is 0 Å². The molecule has 1 aromatic carbocycles. The van der Waals surface area contributed by atoms with E-state index in [4.69, 9.17) is 4.42 Å². The van der Waals surface area contributed by atoms with E-state index >= 15 is 0 Å². The average molecular weight is 286 g/mol. The summed E-state index contributed by atoms with van der Waals surface area (Å²) in [5, 5.41) is 4.61. The van der Waals surface area contributed by atoms with Gasteiger partial charge in [0.2, 0.25) is 0 Å². The van der Waals surface area contributed by atoms with Crippen molar-refractivity contribution in [2.45, 2.75) is 45.2 Å². The smallest absolute Gasteiger partial charge is 0.134 e. The maximum Gasteiger partial charge on any atom is 0.134 e. The molecule has 21 heavy (non-hydrogen) atoms. The molecule has 2 aromatic rings. The fourth-order valence-corrected chi connectivity index (χ4v) is 3.79.